The highest BCUT2D eigenvalue weighted by Gasteiger charge is 2.13. The molecule has 8 nitrogen and oxygen atoms in total. The Morgan fingerprint density at radius 2 is 2.39 bits per heavy atom. The van der Waals surface area contributed by atoms with Gasteiger partial charge in [-0.25, -0.2) is 19.2 Å². The topological polar surface area (TPSA) is 114 Å². The lowest BCUT2D eigenvalue weighted by Crippen LogP contribution is -2.37. The maximum atomic E-state index is 12.0. The molecular formula is C9H13FN6O2. The van der Waals surface area contributed by atoms with Gasteiger partial charge in [0.15, 0.2) is 0 Å². The lowest BCUT2D eigenvalue weighted by molar-refractivity contribution is 0.193. The molecule has 9 heteroatoms. The summed E-state index contributed by atoms with van der Waals surface area (Å²) in [6.07, 6.45) is 1.46. The number of aryl methyl sites for hydroxylation is 1. The first-order valence-electron chi connectivity index (χ1n) is 5.11. The number of nitrogens with two attached hydrogens (primary N) is 1. The Morgan fingerprint density at radius 1 is 1.67 bits per heavy atom. The van der Waals surface area contributed by atoms with E-state index in [1.54, 1.807) is 6.92 Å². The van der Waals surface area contributed by atoms with Crippen LogP contribution in [-0.2, 0) is 6.54 Å². The molecule has 0 unspecified atom stereocenters. The highest BCUT2D eigenvalue weighted by atomic mass is 19.1. The average molecular weight is 256 g/mol. The third-order valence-corrected chi connectivity index (χ3v) is 2.08. The van der Waals surface area contributed by atoms with Crippen LogP contribution < -0.4 is 11.1 Å². The summed E-state index contributed by atoms with van der Waals surface area (Å²) < 4.78 is 12.0. The molecule has 0 atom stereocenters. The maximum absolute atomic E-state index is 12.0. The molecule has 1 aromatic rings. The standard InChI is InChI=1S/C9H13FN6O2/c1-6-12-4-7(8(11)14-6)5-13-9(17)16(15-18)3-2-10/h4H,2-3,5H2,1H3,(H,13,17)(H2,11,12,14). The maximum Gasteiger partial charge on any atom is 0.340 e. The second kappa shape index (κ2) is 6.42. The molecule has 0 saturated heterocycles. The van der Waals surface area contributed by atoms with Gasteiger partial charge < -0.3 is 11.1 Å². The first-order chi connectivity index (χ1) is 8.58. The van der Waals surface area contributed by atoms with Crippen molar-refractivity contribution in [2.45, 2.75) is 13.5 Å². The number of amides is 2. The summed E-state index contributed by atoms with van der Waals surface area (Å²) in [5, 5.41) is 5.21. The predicted molar refractivity (Wildman–Crippen MR) is 61.9 cm³/mol. The van der Waals surface area contributed by atoms with Crippen LogP contribution in [0.1, 0.15) is 11.4 Å². The Kier molecular flexibility index (Phi) is 4.90. The van der Waals surface area contributed by atoms with Gasteiger partial charge in [-0.1, -0.05) is 0 Å². The first kappa shape index (κ1) is 13.7. The third-order valence-electron chi connectivity index (χ3n) is 2.08. The van der Waals surface area contributed by atoms with Crippen molar-refractivity contribution in [2.75, 3.05) is 19.0 Å². The minimum Gasteiger partial charge on any atom is -0.383 e. The van der Waals surface area contributed by atoms with Crippen LogP contribution in [0.5, 0.6) is 0 Å². The number of nitroso groups, excluding NO2 is 1. The van der Waals surface area contributed by atoms with Crippen LogP contribution in [0.2, 0.25) is 0 Å². The molecule has 0 aliphatic heterocycles. The van der Waals surface area contributed by atoms with Crippen molar-refractivity contribution >= 4 is 11.8 Å². The van der Waals surface area contributed by atoms with Crippen LogP contribution in [0.4, 0.5) is 15.0 Å². The Morgan fingerprint density at radius 3 is 2.94 bits per heavy atom. The number of rotatable bonds is 5. The predicted octanol–water partition coefficient (Wildman–Crippen LogP) is 0.530. The highest BCUT2D eigenvalue weighted by molar-refractivity contribution is 5.73. The van der Waals surface area contributed by atoms with Gasteiger partial charge in [-0.2, -0.15) is 5.01 Å². The van der Waals surface area contributed by atoms with E-state index in [0.29, 0.717) is 16.4 Å². The van der Waals surface area contributed by atoms with Crippen molar-refractivity contribution in [2.24, 2.45) is 5.29 Å². The molecule has 0 radical (unpaired) electrons. The fourth-order valence-corrected chi connectivity index (χ4v) is 1.17. The van der Waals surface area contributed by atoms with E-state index in [2.05, 4.69) is 20.6 Å². The molecule has 1 aromatic heterocycles. The second-order valence-corrected chi connectivity index (χ2v) is 3.38. The lowest BCUT2D eigenvalue weighted by Gasteiger charge is -2.13. The Labute approximate surface area is 102 Å². The average Bonchev–Trinajstić information content (AvgIpc) is 2.34. The molecule has 98 valence electrons. The lowest BCUT2D eigenvalue weighted by atomic mass is 10.3. The van der Waals surface area contributed by atoms with Gasteiger partial charge in [0.2, 0.25) is 0 Å². The molecule has 18 heavy (non-hydrogen) atoms. The van der Waals surface area contributed by atoms with E-state index in [1.165, 1.54) is 6.20 Å². The quantitative estimate of drug-likeness (QED) is 0.589. The zero-order chi connectivity index (χ0) is 13.5. The molecule has 0 spiro atoms. The fourth-order valence-electron chi connectivity index (χ4n) is 1.17. The molecule has 0 aliphatic carbocycles. The van der Waals surface area contributed by atoms with Crippen LogP contribution in [0.15, 0.2) is 11.5 Å². The number of hydrogen-bond donors (Lipinski definition) is 2. The third kappa shape index (κ3) is 3.61. The minimum atomic E-state index is -0.852. The van der Waals surface area contributed by atoms with Gasteiger partial charge in [-0.15, -0.1) is 4.91 Å². The molecule has 2 amide bonds. The molecule has 1 rings (SSSR count). The number of urea groups is 1. The molecule has 0 aliphatic rings. The highest BCUT2D eigenvalue weighted by Crippen LogP contribution is 2.06. The SMILES string of the molecule is Cc1ncc(CNC(=O)N(CCF)N=O)c(N)n1. The molecule has 0 aromatic carbocycles. The Hall–Kier alpha value is -2.32. The van der Waals surface area contributed by atoms with Crippen molar-refractivity contribution in [3.63, 3.8) is 0 Å². The summed E-state index contributed by atoms with van der Waals surface area (Å²) in [6, 6.07) is -0.803. The van der Waals surface area contributed by atoms with E-state index >= 15 is 0 Å². The number of hydrogen-bond acceptors (Lipinski definition) is 6. The second-order valence-electron chi connectivity index (χ2n) is 3.38. The van der Waals surface area contributed by atoms with E-state index in [4.69, 9.17) is 5.73 Å². The molecular weight excluding hydrogens is 243 g/mol. The van der Waals surface area contributed by atoms with Crippen molar-refractivity contribution in [1.29, 1.82) is 0 Å². The van der Waals surface area contributed by atoms with E-state index < -0.39 is 19.3 Å². The summed E-state index contributed by atoms with van der Waals surface area (Å²) in [5.41, 5.74) is 6.11. The Balaban J connectivity index is 2.59. The number of aromatic nitrogens is 2. The number of nitrogen functional groups attached to an aromatic ring is 1. The molecule has 1 heterocycles. The zero-order valence-electron chi connectivity index (χ0n) is 9.76. The summed E-state index contributed by atoms with van der Waals surface area (Å²) in [6.45, 7) is 0.464. The summed E-state index contributed by atoms with van der Waals surface area (Å²) in [7, 11) is 0. The van der Waals surface area contributed by atoms with E-state index in [0.717, 1.165) is 0 Å². The number of nitrogens with zero attached hydrogens (tertiary/aromatic N) is 4. The number of anilines is 1. The van der Waals surface area contributed by atoms with Crippen molar-refractivity contribution < 1.29 is 9.18 Å². The monoisotopic (exact) mass is 256 g/mol. The van der Waals surface area contributed by atoms with Crippen LogP contribution >= 0.6 is 0 Å². The number of nitrogens with one attached hydrogen (secondary N) is 1. The van der Waals surface area contributed by atoms with Crippen LogP contribution in [0, 0.1) is 11.8 Å². The van der Waals surface area contributed by atoms with Gasteiger partial charge in [0.1, 0.15) is 18.3 Å². The number of carbonyl (C=O) groups is 1. The van der Waals surface area contributed by atoms with Crippen molar-refractivity contribution in [1.82, 2.24) is 20.3 Å². The van der Waals surface area contributed by atoms with Crippen molar-refractivity contribution in [3.8, 4) is 0 Å². The van der Waals surface area contributed by atoms with E-state index in [-0.39, 0.29) is 12.4 Å². The van der Waals surface area contributed by atoms with Gasteiger partial charge in [-0.05, 0) is 6.92 Å². The van der Waals surface area contributed by atoms with Gasteiger partial charge in [0, 0.05) is 18.3 Å². The number of carbonyl (C=O) groups excluding carboxylic acids is 1. The molecule has 3 N–H and O–H groups in total. The van der Waals surface area contributed by atoms with E-state index in [1.807, 2.05) is 0 Å². The van der Waals surface area contributed by atoms with E-state index in [9.17, 15) is 14.1 Å². The molecule has 0 bridgehead atoms. The summed E-state index contributed by atoms with van der Waals surface area (Å²) in [4.78, 5) is 29.5. The smallest absolute Gasteiger partial charge is 0.340 e. The summed E-state index contributed by atoms with van der Waals surface area (Å²) >= 11 is 0. The zero-order valence-corrected chi connectivity index (χ0v) is 9.76. The number of halogens is 1. The summed E-state index contributed by atoms with van der Waals surface area (Å²) in [5.74, 6) is 0.745. The van der Waals surface area contributed by atoms with Gasteiger partial charge >= 0.3 is 6.03 Å². The fraction of sp³-hybridized carbons (Fsp3) is 0.444. The normalized spacial score (nSPS) is 9.89. The molecule has 0 saturated carbocycles. The minimum absolute atomic E-state index is 0.0310. The van der Waals surface area contributed by atoms with Crippen molar-refractivity contribution in [3.05, 3.63) is 22.5 Å². The number of alkyl halides is 1. The van der Waals surface area contributed by atoms with Crippen LogP contribution in [-0.4, -0.2) is 34.2 Å². The first-order valence-corrected chi connectivity index (χ1v) is 5.11. The van der Waals surface area contributed by atoms with Crippen LogP contribution in [0.25, 0.3) is 0 Å². The Bertz CT molecular complexity index is 441. The largest absolute Gasteiger partial charge is 0.383 e. The van der Waals surface area contributed by atoms with Crippen LogP contribution in [0.3, 0.4) is 0 Å². The molecule has 0 fully saturated rings. The van der Waals surface area contributed by atoms with Gasteiger partial charge in [-0.3, -0.25) is 0 Å². The van der Waals surface area contributed by atoms with Gasteiger partial charge in [0.25, 0.3) is 0 Å². The van der Waals surface area contributed by atoms with Gasteiger partial charge in [0.05, 0.1) is 11.8 Å².